The number of nitrogens with zero attached hydrogens (tertiary/aromatic N) is 1. The predicted molar refractivity (Wildman–Crippen MR) is 95.2 cm³/mol. The molecule has 6 heteroatoms. The summed E-state index contributed by atoms with van der Waals surface area (Å²) in [5, 5.41) is 11.6. The molecule has 0 aromatic heterocycles. The van der Waals surface area contributed by atoms with Crippen molar-refractivity contribution in [2.24, 2.45) is 5.92 Å². The molecule has 0 bridgehead atoms. The first-order valence-electron chi connectivity index (χ1n) is 8.89. The molecule has 0 spiro atoms. The summed E-state index contributed by atoms with van der Waals surface area (Å²) < 4.78 is 0. The fraction of sp³-hybridized carbons (Fsp3) is 0.526. The third kappa shape index (κ3) is 5.89. The average Bonchev–Trinajstić information content (AvgIpc) is 2.61. The lowest BCUT2D eigenvalue weighted by Gasteiger charge is -2.32. The van der Waals surface area contributed by atoms with Gasteiger partial charge in [-0.2, -0.15) is 0 Å². The van der Waals surface area contributed by atoms with Crippen LogP contribution in [0, 0.1) is 5.92 Å². The molecule has 1 aromatic carbocycles. The minimum Gasteiger partial charge on any atom is -0.481 e. The zero-order valence-electron chi connectivity index (χ0n) is 14.7. The Labute approximate surface area is 148 Å². The van der Waals surface area contributed by atoms with Gasteiger partial charge in [-0.05, 0) is 43.4 Å². The molecule has 25 heavy (non-hydrogen) atoms. The van der Waals surface area contributed by atoms with Crippen LogP contribution in [-0.4, -0.2) is 40.9 Å². The maximum Gasteiger partial charge on any atom is 0.303 e. The van der Waals surface area contributed by atoms with E-state index in [0.29, 0.717) is 25.1 Å². The van der Waals surface area contributed by atoms with E-state index < -0.39 is 5.97 Å². The van der Waals surface area contributed by atoms with Crippen LogP contribution in [0.4, 0.5) is 5.69 Å². The molecule has 2 amide bonds. The number of piperidine rings is 1. The maximum atomic E-state index is 12.5. The first-order valence-corrected chi connectivity index (χ1v) is 8.89. The van der Waals surface area contributed by atoms with Crippen molar-refractivity contribution < 1.29 is 19.5 Å². The van der Waals surface area contributed by atoms with Crippen molar-refractivity contribution in [2.45, 2.75) is 45.4 Å². The zero-order chi connectivity index (χ0) is 18.2. The Kier molecular flexibility index (Phi) is 6.98. The third-order valence-electron chi connectivity index (χ3n) is 4.46. The van der Waals surface area contributed by atoms with E-state index >= 15 is 0 Å². The van der Waals surface area contributed by atoms with Crippen molar-refractivity contribution in [3.05, 3.63) is 29.8 Å². The van der Waals surface area contributed by atoms with Gasteiger partial charge in [-0.15, -0.1) is 0 Å². The Morgan fingerprint density at radius 2 is 1.92 bits per heavy atom. The number of anilines is 1. The molecule has 1 unspecified atom stereocenters. The molecule has 6 nitrogen and oxygen atoms in total. The molecule has 2 N–H and O–H groups in total. The van der Waals surface area contributed by atoms with E-state index in [1.165, 1.54) is 0 Å². The maximum absolute atomic E-state index is 12.5. The normalized spacial score (nSPS) is 17.2. The molecule has 1 aliphatic heterocycles. The molecule has 1 heterocycles. The number of amides is 2. The number of nitrogens with one attached hydrogen (secondary N) is 1. The largest absolute Gasteiger partial charge is 0.481 e. The van der Waals surface area contributed by atoms with Gasteiger partial charge in [-0.3, -0.25) is 14.4 Å². The highest BCUT2D eigenvalue weighted by Gasteiger charge is 2.28. The van der Waals surface area contributed by atoms with Crippen LogP contribution in [0.5, 0.6) is 0 Å². The summed E-state index contributed by atoms with van der Waals surface area (Å²) in [4.78, 5) is 36.9. The van der Waals surface area contributed by atoms with E-state index in [2.05, 4.69) is 5.32 Å². The van der Waals surface area contributed by atoms with Crippen molar-refractivity contribution in [3.63, 3.8) is 0 Å². The van der Waals surface area contributed by atoms with Crippen LogP contribution in [-0.2, 0) is 20.8 Å². The van der Waals surface area contributed by atoms with Crippen molar-refractivity contribution in [1.82, 2.24) is 4.90 Å². The number of benzene rings is 1. The van der Waals surface area contributed by atoms with Gasteiger partial charge in [-0.1, -0.05) is 19.1 Å². The van der Waals surface area contributed by atoms with E-state index in [9.17, 15) is 14.4 Å². The summed E-state index contributed by atoms with van der Waals surface area (Å²) in [6.07, 6.45) is 3.56. The summed E-state index contributed by atoms with van der Waals surface area (Å²) in [7, 11) is 0. The summed E-state index contributed by atoms with van der Waals surface area (Å²) in [5.41, 5.74) is 1.62. The number of carbonyl (C=O) groups excluding carboxylic acids is 2. The van der Waals surface area contributed by atoms with Crippen LogP contribution in [0.1, 0.15) is 44.6 Å². The van der Waals surface area contributed by atoms with E-state index in [0.717, 1.165) is 31.4 Å². The molecule has 136 valence electrons. The highest BCUT2D eigenvalue weighted by atomic mass is 16.4. The second-order valence-corrected chi connectivity index (χ2v) is 6.51. The van der Waals surface area contributed by atoms with Gasteiger partial charge < -0.3 is 15.3 Å². The summed E-state index contributed by atoms with van der Waals surface area (Å²) in [5.74, 6) is -0.937. The standard InChI is InChI=1S/C19H26N2O4/c1-2-4-17(22)21-12-3-5-15(13-21)19(25)20-16-9-6-14(7-10-16)8-11-18(23)24/h6-7,9-10,15H,2-5,8,11-13H2,1H3,(H,20,25)(H,23,24). The van der Waals surface area contributed by atoms with Crippen LogP contribution in [0.25, 0.3) is 0 Å². The van der Waals surface area contributed by atoms with Crippen LogP contribution >= 0.6 is 0 Å². The SMILES string of the molecule is CCCC(=O)N1CCCC(C(=O)Nc2ccc(CCC(=O)O)cc2)C1. The Morgan fingerprint density at radius 3 is 2.56 bits per heavy atom. The molecular weight excluding hydrogens is 320 g/mol. The minimum absolute atomic E-state index is 0.0627. The van der Waals surface area contributed by atoms with Crippen LogP contribution < -0.4 is 5.32 Å². The topological polar surface area (TPSA) is 86.7 Å². The van der Waals surface area contributed by atoms with Gasteiger partial charge in [0.2, 0.25) is 11.8 Å². The van der Waals surface area contributed by atoms with Crippen molar-refractivity contribution in [1.29, 1.82) is 0 Å². The van der Waals surface area contributed by atoms with Crippen LogP contribution in [0.2, 0.25) is 0 Å². The smallest absolute Gasteiger partial charge is 0.303 e. The fourth-order valence-corrected chi connectivity index (χ4v) is 3.04. The van der Waals surface area contributed by atoms with E-state index in [1.807, 2.05) is 19.1 Å². The number of hydrogen-bond donors (Lipinski definition) is 2. The van der Waals surface area contributed by atoms with Gasteiger partial charge in [-0.25, -0.2) is 0 Å². The number of carbonyl (C=O) groups is 3. The molecule has 1 fully saturated rings. The van der Waals surface area contributed by atoms with Gasteiger partial charge in [0.25, 0.3) is 0 Å². The lowest BCUT2D eigenvalue weighted by atomic mass is 9.96. The van der Waals surface area contributed by atoms with Crippen molar-refractivity contribution in [2.75, 3.05) is 18.4 Å². The van der Waals surface area contributed by atoms with Crippen molar-refractivity contribution >= 4 is 23.5 Å². The van der Waals surface area contributed by atoms with Gasteiger partial charge >= 0.3 is 5.97 Å². The van der Waals surface area contributed by atoms with Gasteiger partial charge in [0.05, 0.1) is 5.92 Å². The van der Waals surface area contributed by atoms with Gasteiger partial charge in [0, 0.05) is 31.6 Å². The molecular formula is C19H26N2O4. The number of carboxylic acid groups (broad SMARTS) is 1. The second-order valence-electron chi connectivity index (χ2n) is 6.51. The van der Waals surface area contributed by atoms with Crippen LogP contribution in [0.3, 0.4) is 0 Å². The Bertz CT molecular complexity index is 612. The first kappa shape index (κ1) is 19.0. The molecule has 0 radical (unpaired) electrons. The monoisotopic (exact) mass is 346 g/mol. The van der Waals surface area contributed by atoms with Crippen molar-refractivity contribution in [3.8, 4) is 0 Å². The van der Waals surface area contributed by atoms with E-state index in [1.54, 1.807) is 17.0 Å². The summed E-state index contributed by atoms with van der Waals surface area (Å²) >= 11 is 0. The number of aryl methyl sites for hydroxylation is 1. The molecule has 2 rings (SSSR count). The average molecular weight is 346 g/mol. The third-order valence-corrected chi connectivity index (χ3v) is 4.46. The van der Waals surface area contributed by atoms with E-state index in [4.69, 9.17) is 5.11 Å². The molecule has 1 aromatic rings. The van der Waals surface area contributed by atoms with E-state index in [-0.39, 0.29) is 24.2 Å². The lowest BCUT2D eigenvalue weighted by Crippen LogP contribution is -2.43. The Hall–Kier alpha value is -2.37. The highest BCUT2D eigenvalue weighted by Crippen LogP contribution is 2.20. The molecule has 1 saturated heterocycles. The number of hydrogen-bond acceptors (Lipinski definition) is 3. The lowest BCUT2D eigenvalue weighted by molar-refractivity contribution is -0.137. The summed E-state index contributed by atoms with van der Waals surface area (Å²) in [6.45, 7) is 3.20. The molecule has 0 saturated carbocycles. The Balaban J connectivity index is 1.88. The number of likely N-dealkylation sites (tertiary alicyclic amines) is 1. The number of carboxylic acids is 1. The highest BCUT2D eigenvalue weighted by molar-refractivity contribution is 5.93. The Morgan fingerprint density at radius 1 is 1.20 bits per heavy atom. The molecule has 0 aliphatic carbocycles. The molecule has 1 atom stereocenters. The van der Waals surface area contributed by atoms with Gasteiger partial charge in [0.1, 0.15) is 0 Å². The second kappa shape index (κ2) is 9.20. The predicted octanol–water partition coefficient (Wildman–Crippen LogP) is 2.68. The minimum atomic E-state index is -0.822. The zero-order valence-corrected chi connectivity index (χ0v) is 14.7. The van der Waals surface area contributed by atoms with Gasteiger partial charge in [0.15, 0.2) is 0 Å². The number of aliphatic carboxylic acids is 1. The first-order chi connectivity index (χ1) is 12.0. The van der Waals surface area contributed by atoms with Crippen LogP contribution in [0.15, 0.2) is 24.3 Å². The molecule has 1 aliphatic rings. The summed E-state index contributed by atoms with van der Waals surface area (Å²) in [6, 6.07) is 7.24. The quantitative estimate of drug-likeness (QED) is 0.795. The fourth-order valence-electron chi connectivity index (χ4n) is 3.04. The number of rotatable bonds is 7.